The Morgan fingerprint density at radius 1 is 0.929 bits per heavy atom. The number of rotatable bonds is 7. The summed E-state index contributed by atoms with van der Waals surface area (Å²) in [5.74, 6) is -0.279. The van der Waals surface area contributed by atoms with Gasteiger partial charge in [0.15, 0.2) is 0 Å². The number of carbonyl (C=O) groups is 2. The second-order valence-electron chi connectivity index (χ2n) is 7.54. The molecule has 0 aliphatic rings. The summed E-state index contributed by atoms with van der Waals surface area (Å²) in [5, 5.41) is 5.80. The maximum Gasteiger partial charge on any atom is 0.255 e. The van der Waals surface area contributed by atoms with E-state index in [1.165, 1.54) is 0 Å². The minimum absolute atomic E-state index is 0.0782. The van der Waals surface area contributed by atoms with Crippen LogP contribution in [-0.2, 0) is 0 Å². The van der Waals surface area contributed by atoms with Crippen molar-refractivity contribution < 1.29 is 9.59 Å². The maximum atomic E-state index is 12.6. The first-order valence-corrected chi connectivity index (χ1v) is 9.82. The summed E-state index contributed by atoms with van der Waals surface area (Å²) < 4.78 is 0. The average molecular weight is 382 g/mol. The normalized spacial score (nSPS) is 10.9. The first-order chi connectivity index (χ1) is 13.2. The van der Waals surface area contributed by atoms with E-state index in [0.717, 1.165) is 17.8 Å². The second-order valence-corrected chi connectivity index (χ2v) is 7.54. The SMILES string of the molecule is CCN(c1ccc(C(=O)Nc2ccc(C(=O)NC(C)C)cc2C)cc1)C(C)C. The monoisotopic (exact) mass is 381 g/mol. The summed E-state index contributed by atoms with van der Waals surface area (Å²) in [7, 11) is 0. The molecule has 0 fully saturated rings. The molecule has 0 heterocycles. The van der Waals surface area contributed by atoms with Gasteiger partial charge in [-0.3, -0.25) is 9.59 Å². The van der Waals surface area contributed by atoms with E-state index in [9.17, 15) is 9.59 Å². The highest BCUT2D eigenvalue weighted by atomic mass is 16.2. The number of aryl methyl sites for hydroxylation is 1. The van der Waals surface area contributed by atoms with E-state index in [-0.39, 0.29) is 17.9 Å². The fourth-order valence-electron chi connectivity index (χ4n) is 3.14. The molecule has 0 saturated heterocycles. The predicted octanol–water partition coefficient (Wildman–Crippen LogP) is 4.62. The van der Waals surface area contributed by atoms with Gasteiger partial charge in [-0.05, 0) is 89.6 Å². The minimum atomic E-state index is -0.165. The number of nitrogens with one attached hydrogen (secondary N) is 2. The summed E-state index contributed by atoms with van der Waals surface area (Å²) in [6.45, 7) is 13.1. The number of anilines is 2. The molecule has 0 bridgehead atoms. The molecule has 28 heavy (non-hydrogen) atoms. The van der Waals surface area contributed by atoms with Crippen molar-refractivity contribution in [2.24, 2.45) is 0 Å². The van der Waals surface area contributed by atoms with Crippen molar-refractivity contribution in [3.8, 4) is 0 Å². The third-order valence-corrected chi connectivity index (χ3v) is 4.58. The molecule has 2 aromatic carbocycles. The van der Waals surface area contributed by atoms with Gasteiger partial charge in [0.05, 0.1) is 0 Å². The standard InChI is InChI=1S/C23H31N3O2/c1-7-26(16(4)5)20-11-8-18(9-12-20)22(27)25-21-13-10-19(14-17(21)6)23(28)24-15(2)3/h8-16H,7H2,1-6H3,(H,24,28)(H,25,27). The minimum Gasteiger partial charge on any atom is -0.369 e. The molecule has 0 aromatic heterocycles. The van der Waals surface area contributed by atoms with Crippen molar-refractivity contribution in [2.75, 3.05) is 16.8 Å². The Hall–Kier alpha value is -2.82. The van der Waals surface area contributed by atoms with Crippen LogP contribution in [0.15, 0.2) is 42.5 Å². The van der Waals surface area contributed by atoms with Crippen LogP contribution in [0.1, 0.15) is 60.9 Å². The highest BCUT2D eigenvalue weighted by Gasteiger charge is 2.13. The topological polar surface area (TPSA) is 61.4 Å². The molecule has 2 aromatic rings. The summed E-state index contributed by atoms with van der Waals surface area (Å²) >= 11 is 0. The first kappa shape index (κ1) is 21.5. The lowest BCUT2D eigenvalue weighted by atomic mass is 10.1. The molecule has 0 spiro atoms. The Bertz CT molecular complexity index is 826. The van der Waals surface area contributed by atoms with Gasteiger partial charge in [-0.25, -0.2) is 0 Å². The summed E-state index contributed by atoms with van der Waals surface area (Å²) in [6, 6.07) is 13.4. The molecule has 150 valence electrons. The third-order valence-electron chi connectivity index (χ3n) is 4.58. The van der Waals surface area contributed by atoms with E-state index in [4.69, 9.17) is 0 Å². The molecule has 2 N–H and O–H groups in total. The van der Waals surface area contributed by atoms with Gasteiger partial charge >= 0.3 is 0 Å². The van der Waals surface area contributed by atoms with Crippen LogP contribution >= 0.6 is 0 Å². The van der Waals surface area contributed by atoms with E-state index in [1.807, 2.05) is 45.0 Å². The number of benzene rings is 2. The molecule has 0 unspecified atom stereocenters. The quantitative estimate of drug-likeness (QED) is 0.736. The van der Waals surface area contributed by atoms with E-state index < -0.39 is 0 Å². The van der Waals surface area contributed by atoms with Crippen molar-refractivity contribution in [3.63, 3.8) is 0 Å². The zero-order valence-corrected chi connectivity index (χ0v) is 17.7. The van der Waals surface area contributed by atoms with Gasteiger partial charge in [0.25, 0.3) is 11.8 Å². The van der Waals surface area contributed by atoms with E-state index in [1.54, 1.807) is 18.2 Å². The van der Waals surface area contributed by atoms with Crippen LogP contribution in [0.3, 0.4) is 0 Å². The second kappa shape index (κ2) is 9.40. The Labute approximate surface area is 168 Å². The van der Waals surface area contributed by atoms with Gasteiger partial charge in [-0.1, -0.05) is 0 Å². The number of nitrogens with zero attached hydrogens (tertiary/aromatic N) is 1. The summed E-state index contributed by atoms with van der Waals surface area (Å²) in [5.41, 5.74) is 3.84. The average Bonchev–Trinajstić information content (AvgIpc) is 2.63. The van der Waals surface area contributed by atoms with Gasteiger partial charge in [0, 0.05) is 41.1 Å². The Morgan fingerprint density at radius 2 is 1.54 bits per heavy atom. The van der Waals surface area contributed by atoms with Crippen LogP contribution in [0.25, 0.3) is 0 Å². The molecule has 5 heteroatoms. The molecule has 0 radical (unpaired) electrons. The Morgan fingerprint density at radius 3 is 2.04 bits per heavy atom. The molecule has 2 rings (SSSR count). The van der Waals surface area contributed by atoms with Crippen molar-refractivity contribution >= 4 is 23.2 Å². The van der Waals surface area contributed by atoms with Crippen molar-refractivity contribution in [1.29, 1.82) is 0 Å². The molecule has 0 aliphatic heterocycles. The number of hydrogen-bond acceptors (Lipinski definition) is 3. The van der Waals surface area contributed by atoms with Crippen molar-refractivity contribution in [3.05, 3.63) is 59.2 Å². The predicted molar refractivity (Wildman–Crippen MR) is 116 cm³/mol. The van der Waals surface area contributed by atoms with Crippen LogP contribution < -0.4 is 15.5 Å². The van der Waals surface area contributed by atoms with E-state index >= 15 is 0 Å². The highest BCUT2D eigenvalue weighted by Crippen LogP contribution is 2.20. The fraction of sp³-hybridized carbons (Fsp3) is 0.391. The fourth-order valence-corrected chi connectivity index (χ4v) is 3.14. The van der Waals surface area contributed by atoms with Gasteiger partial charge in [0.2, 0.25) is 0 Å². The lowest BCUT2D eigenvalue weighted by molar-refractivity contribution is 0.0942. The van der Waals surface area contributed by atoms with Crippen molar-refractivity contribution in [1.82, 2.24) is 5.32 Å². The number of amides is 2. The molecular formula is C23H31N3O2. The van der Waals surface area contributed by atoms with Crippen LogP contribution in [0.4, 0.5) is 11.4 Å². The molecule has 0 saturated carbocycles. The summed E-state index contributed by atoms with van der Waals surface area (Å²) in [4.78, 5) is 27.0. The van der Waals surface area contributed by atoms with Crippen LogP contribution in [0.5, 0.6) is 0 Å². The van der Waals surface area contributed by atoms with E-state index in [2.05, 4.69) is 36.3 Å². The largest absolute Gasteiger partial charge is 0.369 e. The van der Waals surface area contributed by atoms with Gasteiger partial charge in [-0.2, -0.15) is 0 Å². The van der Waals surface area contributed by atoms with Crippen LogP contribution in [0, 0.1) is 6.92 Å². The Balaban J connectivity index is 2.11. The zero-order chi connectivity index (χ0) is 20.8. The van der Waals surface area contributed by atoms with Crippen molar-refractivity contribution in [2.45, 2.75) is 53.6 Å². The number of hydrogen-bond donors (Lipinski definition) is 2. The lowest BCUT2D eigenvalue weighted by Gasteiger charge is -2.27. The molecule has 2 amide bonds. The molecule has 0 aliphatic carbocycles. The van der Waals surface area contributed by atoms with Gasteiger partial charge in [0.1, 0.15) is 0 Å². The Kier molecular flexibility index (Phi) is 7.21. The highest BCUT2D eigenvalue weighted by molar-refractivity contribution is 6.05. The molecule has 5 nitrogen and oxygen atoms in total. The zero-order valence-electron chi connectivity index (χ0n) is 17.7. The first-order valence-electron chi connectivity index (χ1n) is 9.82. The van der Waals surface area contributed by atoms with E-state index in [0.29, 0.717) is 22.9 Å². The maximum absolute atomic E-state index is 12.6. The lowest BCUT2D eigenvalue weighted by Crippen LogP contribution is -2.30. The van der Waals surface area contributed by atoms with Gasteiger partial charge in [-0.15, -0.1) is 0 Å². The third kappa shape index (κ3) is 5.35. The van der Waals surface area contributed by atoms with Gasteiger partial charge < -0.3 is 15.5 Å². The smallest absolute Gasteiger partial charge is 0.255 e. The van der Waals surface area contributed by atoms with Crippen LogP contribution in [0.2, 0.25) is 0 Å². The molecular weight excluding hydrogens is 350 g/mol. The summed E-state index contributed by atoms with van der Waals surface area (Å²) in [6.07, 6.45) is 0. The number of carbonyl (C=O) groups excluding carboxylic acids is 2. The van der Waals surface area contributed by atoms with Crippen LogP contribution in [-0.4, -0.2) is 30.4 Å². The molecule has 0 atom stereocenters.